The van der Waals surface area contributed by atoms with Gasteiger partial charge in [0.15, 0.2) is 0 Å². The van der Waals surface area contributed by atoms with Gasteiger partial charge >= 0.3 is 0 Å². The van der Waals surface area contributed by atoms with Gasteiger partial charge in [-0.05, 0) is 25.7 Å². The number of hydrogen-bond acceptors (Lipinski definition) is 0. The van der Waals surface area contributed by atoms with Gasteiger partial charge in [-0.3, -0.25) is 0 Å². The van der Waals surface area contributed by atoms with Crippen molar-refractivity contribution in [3.63, 3.8) is 0 Å². The molecule has 0 bridgehead atoms. The summed E-state index contributed by atoms with van der Waals surface area (Å²) < 4.78 is 0. The standard InChI is InChI=1S/C9H14/c1-2-6-9-7-4-3-5-8-9/h1-2,6,9H,3-5,7-8H2. The topological polar surface area (TPSA) is 0 Å². The molecule has 0 aromatic rings. The fraction of sp³-hybridized carbons (Fsp3) is 0.667. The molecule has 0 heterocycles. The smallest absolute Gasteiger partial charge is 0.00957 e. The molecule has 1 aliphatic carbocycles. The van der Waals surface area contributed by atoms with Crippen molar-refractivity contribution >= 4 is 0 Å². The van der Waals surface area contributed by atoms with E-state index in [1.54, 1.807) is 6.08 Å². The Morgan fingerprint density at radius 1 is 1.11 bits per heavy atom. The van der Waals surface area contributed by atoms with E-state index in [1.165, 1.54) is 32.1 Å². The Morgan fingerprint density at radius 2 is 1.78 bits per heavy atom. The van der Waals surface area contributed by atoms with E-state index < -0.39 is 0 Å². The molecule has 1 fully saturated rings. The molecule has 0 heteroatoms. The maximum atomic E-state index is 5.28. The summed E-state index contributed by atoms with van der Waals surface area (Å²) in [7, 11) is 0. The Bertz CT molecular complexity index is 86.2. The Morgan fingerprint density at radius 3 is 2.33 bits per heavy atom. The van der Waals surface area contributed by atoms with Crippen molar-refractivity contribution in [2.45, 2.75) is 32.1 Å². The van der Waals surface area contributed by atoms with Crippen LogP contribution >= 0.6 is 0 Å². The van der Waals surface area contributed by atoms with Crippen molar-refractivity contribution in [1.29, 1.82) is 0 Å². The van der Waals surface area contributed by atoms with Gasteiger partial charge in [0.05, 0.1) is 0 Å². The lowest BCUT2D eigenvalue weighted by Gasteiger charge is -2.17. The maximum absolute atomic E-state index is 5.28. The molecule has 0 atom stereocenters. The third-order valence-electron chi connectivity index (χ3n) is 2.03. The molecule has 2 radical (unpaired) electrons. The first-order chi connectivity index (χ1) is 4.43. The normalized spacial score (nSPS) is 23.2. The number of hydrogen-bond donors (Lipinski definition) is 0. The molecule has 0 amide bonds. The van der Waals surface area contributed by atoms with Crippen LogP contribution in [-0.4, -0.2) is 0 Å². The van der Waals surface area contributed by atoms with E-state index in [9.17, 15) is 0 Å². The summed E-state index contributed by atoms with van der Waals surface area (Å²) in [6.45, 7) is 5.28. The first-order valence-corrected chi connectivity index (χ1v) is 3.82. The van der Waals surface area contributed by atoms with Gasteiger partial charge in [0.1, 0.15) is 0 Å². The van der Waals surface area contributed by atoms with E-state index in [-0.39, 0.29) is 0 Å². The SMILES string of the molecule is [CH]C=CC1CCCCC1. The van der Waals surface area contributed by atoms with E-state index in [0.717, 1.165) is 5.92 Å². The Balaban J connectivity index is 2.23. The van der Waals surface area contributed by atoms with Crippen molar-refractivity contribution < 1.29 is 0 Å². The summed E-state index contributed by atoms with van der Waals surface area (Å²) in [5.41, 5.74) is 0. The summed E-state index contributed by atoms with van der Waals surface area (Å²) in [5, 5.41) is 0. The lowest BCUT2D eigenvalue weighted by molar-refractivity contribution is 0.419. The lowest BCUT2D eigenvalue weighted by Crippen LogP contribution is -2.01. The van der Waals surface area contributed by atoms with Crippen molar-refractivity contribution in [2.75, 3.05) is 0 Å². The summed E-state index contributed by atoms with van der Waals surface area (Å²) in [4.78, 5) is 0. The molecular formula is C9H14. The quantitative estimate of drug-likeness (QED) is 0.501. The molecule has 0 saturated heterocycles. The highest BCUT2D eigenvalue weighted by molar-refractivity contribution is 4.91. The minimum atomic E-state index is 0.795. The van der Waals surface area contributed by atoms with Crippen LogP contribution in [0.3, 0.4) is 0 Å². The second kappa shape index (κ2) is 3.71. The van der Waals surface area contributed by atoms with Crippen LogP contribution in [-0.2, 0) is 0 Å². The van der Waals surface area contributed by atoms with Gasteiger partial charge in [-0.2, -0.15) is 0 Å². The predicted octanol–water partition coefficient (Wildman–Crippen LogP) is 2.83. The van der Waals surface area contributed by atoms with Crippen molar-refractivity contribution in [3.05, 3.63) is 19.1 Å². The average Bonchev–Trinajstić information content (AvgIpc) is 1.91. The Hall–Kier alpha value is -0.260. The van der Waals surface area contributed by atoms with E-state index in [0.29, 0.717) is 0 Å². The van der Waals surface area contributed by atoms with Crippen LogP contribution in [0.2, 0.25) is 0 Å². The van der Waals surface area contributed by atoms with Gasteiger partial charge in [0.2, 0.25) is 0 Å². The summed E-state index contributed by atoms with van der Waals surface area (Å²) in [5.74, 6) is 0.795. The van der Waals surface area contributed by atoms with Crippen LogP contribution in [0.4, 0.5) is 0 Å². The van der Waals surface area contributed by atoms with Crippen LogP contribution in [0.1, 0.15) is 32.1 Å². The Kier molecular flexibility index (Phi) is 2.82. The van der Waals surface area contributed by atoms with E-state index in [1.807, 2.05) is 0 Å². The molecule has 0 aliphatic heterocycles. The lowest BCUT2D eigenvalue weighted by atomic mass is 9.89. The van der Waals surface area contributed by atoms with Crippen molar-refractivity contribution in [1.82, 2.24) is 0 Å². The van der Waals surface area contributed by atoms with Crippen LogP contribution in [0, 0.1) is 12.8 Å². The molecule has 50 valence electrons. The van der Waals surface area contributed by atoms with Crippen LogP contribution in [0.15, 0.2) is 12.2 Å². The zero-order chi connectivity index (χ0) is 6.53. The molecule has 1 aliphatic rings. The van der Waals surface area contributed by atoms with Crippen molar-refractivity contribution in [2.24, 2.45) is 5.92 Å². The van der Waals surface area contributed by atoms with Crippen LogP contribution < -0.4 is 0 Å². The zero-order valence-corrected chi connectivity index (χ0v) is 5.84. The highest BCUT2D eigenvalue weighted by Crippen LogP contribution is 2.24. The monoisotopic (exact) mass is 122 g/mol. The molecule has 1 rings (SSSR count). The highest BCUT2D eigenvalue weighted by Gasteiger charge is 2.08. The first kappa shape index (κ1) is 6.85. The number of rotatable bonds is 1. The van der Waals surface area contributed by atoms with E-state index in [4.69, 9.17) is 6.92 Å². The van der Waals surface area contributed by atoms with Gasteiger partial charge in [0.25, 0.3) is 0 Å². The maximum Gasteiger partial charge on any atom is -0.00957 e. The third kappa shape index (κ3) is 2.21. The van der Waals surface area contributed by atoms with Gasteiger partial charge in [-0.15, -0.1) is 0 Å². The van der Waals surface area contributed by atoms with Crippen molar-refractivity contribution in [3.8, 4) is 0 Å². The predicted molar refractivity (Wildman–Crippen MR) is 40.0 cm³/mol. The van der Waals surface area contributed by atoms with E-state index >= 15 is 0 Å². The van der Waals surface area contributed by atoms with Gasteiger partial charge < -0.3 is 0 Å². The molecule has 0 N–H and O–H groups in total. The summed E-state index contributed by atoms with van der Waals surface area (Å²) >= 11 is 0. The molecule has 9 heavy (non-hydrogen) atoms. The molecule has 0 aromatic heterocycles. The molecule has 0 unspecified atom stereocenters. The van der Waals surface area contributed by atoms with Gasteiger partial charge in [-0.25, -0.2) is 0 Å². The molecule has 0 aromatic carbocycles. The van der Waals surface area contributed by atoms with E-state index in [2.05, 4.69) is 6.08 Å². The van der Waals surface area contributed by atoms with Gasteiger partial charge in [-0.1, -0.05) is 31.4 Å². The largest absolute Gasteiger partial charge is 0.0851 e. The molecule has 0 nitrogen and oxygen atoms in total. The Labute approximate surface area is 58.0 Å². The molecular weight excluding hydrogens is 108 g/mol. The van der Waals surface area contributed by atoms with Crippen LogP contribution in [0.25, 0.3) is 0 Å². The molecule has 0 spiro atoms. The minimum Gasteiger partial charge on any atom is -0.0851 e. The second-order valence-corrected chi connectivity index (χ2v) is 2.78. The summed E-state index contributed by atoms with van der Waals surface area (Å²) in [6.07, 6.45) is 10.8. The minimum absolute atomic E-state index is 0.795. The fourth-order valence-electron chi connectivity index (χ4n) is 1.48. The zero-order valence-electron chi connectivity index (χ0n) is 5.84. The highest BCUT2D eigenvalue weighted by atomic mass is 14.1. The van der Waals surface area contributed by atoms with Gasteiger partial charge in [0, 0.05) is 0 Å². The third-order valence-corrected chi connectivity index (χ3v) is 2.03. The average molecular weight is 122 g/mol. The number of allylic oxidation sites excluding steroid dienone is 2. The summed E-state index contributed by atoms with van der Waals surface area (Å²) in [6, 6.07) is 0. The first-order valence-electron chi connectivity index (χ1n) is 3.82. The second-order valence-electron chi connectivity index (χ2n) is 2.78. The van der Waals surface area contributed by atoms with Crippen LogP contribution in [0.5, 0.6) is 0 Å². The fourth-order valence-corrected chi connectivity index (χ4v) is 1.48. The molecule has 1 saturated carbocycles.